The maximum Gasteiger partial charge on any atom is 0.195 e. The van der Waals surface area contributed by atoms with E-state index in [0.29, 0.717) is 22.5 Å². The van der Waals surface area contributed by atoms with Crippen LogP contribution in [-0.2, 0) is 0 Å². The van der Waals surface area contributed by atoms with Crippen LogP contribution in [0.1, 0.15) is 27.0 Å². The van der Waals surface area contributed by atoms with Crippen molar-refractivity contribution in [3.05, 3.63) is 58.7 Å². The number of benzene rings is 2. The Labute approximate surface area is 106 Å². The van der Waals surface area contributed by atoms with E-state index >= 15 is 0 Å². The molecular weight excluding hydrogens is 224 g/mol. The molecule has 0 saturated heterocycles. The van der Waals surface area contributed by atoms with Gasteiger partial charge in [0.05, 0.1) is 0 Å². The van der Waals surface area contributed by atoms with Gasteiger partial charge in [0.1, 0.15) is 0 Å². The normalized spacial score (nSPS) is 10.3. The molecule has 3 heteroatoms. The average molecular weight is 240 g/mol. The minimum Gasteiger partial charge on any atom is -0.398 e. The van der Waals surface area contributed by atoms with Crippen molar-refractivity contribution in [3.63, 3.8) is 0 Å². The molecule has 0 heterocycles. The van der Waals surface area contributed by atoms with Crippen molar-refractivity contribution in [3.8, 4) is 0 Å². The minimum absolute atomic E-state index is 0.0614. The first-order chi connectivity index (χ1) is 8.52. The first kappa shape index (κ1) is 12.2. The van der Waals surface area contributed by atoms with E-state index in [4.69, 9.17) is 11.5 Å². The molecule has 0 amide bonds. The second-order valence-electron chi connectivity index (χ2n) is 4.39. The van der Waals surface area contributed by atoms with Gasteiger partial charge in [-0.1, -0.05) is 30.3 Å². The Bertz CT molecular complexity index is 604. The van der Waals surface area contributed by atoms with Gasteiger partial charge in [-0.05, 0) is 31.0 Å². The van der Waals surface area contributed by atoms with Crippen LogP contribution in [0.4, 0.5) is 11.4 Å². The molecule has 0 unspecified atom stereocenters. The molecule has 0 spiro atoms. The summed E-state index contributed by atoms with van der Waals surface area (Å²) >= 11 is 0. The van der Waals surface area contributed by atoms with Crippen LogP contribution >= 0.6 is 0 Å². The maximum absolute atomic E-state index is 12.4. The molecule has 0 atom stereocenters. The monoisotopic (exact) mass is 240 g/mol. The number of rotatable bonds is 2. The number of aryl methyl sites for hydroxylation is 1. The van der Waals surface area contributed by atoms with E-state index in [1.807, 2.05) is 32.0 Å². The van der Waals surface area contributed by atoms with Crippen molar-refractivity contribution in [2.45, 2.75) is 13.8 Å². The third-order valence-corrected chi connectivity index (χ3v) is 3.14. The topological polar surface area (TPSA) is 69.1 Å². The van der Waals surface area contributed by atoms with Crippen molar-refractivity contribution in [2.75, 3.05) is 11.5 Å². The Hall–Kier alpha value is -2.29. The van der Waals surface area contributed by atoms with E-state index in [1.165, 1.54) is 0 Å². The maximum atomic E-state index is 12.4. The zero-order valence-corrected chi connectivity index (χ0v) is 10.5. The highest BCUT2D eigenvalue weighted by molar-refractivity contribution is 6.13. The van der Waals surface area contributed by atoms with Gasteiger partial charge in [-0.3, -0.25) is 4.79 Å². The summed E-state index contributed by atoms with van der Waals surface area (Å²) in [5.41, 5.74) is 15.7. The van der Waals surface area contributed by atoms with Crippen LogP contribution in [0.5, 0.6) is 0 Å². The predicted molar refractivity (Wildman–Crippen MR) is 74.6 cm³/mol. The van der Waals surface area contributed by atoms with E-state index in [9.17, 15) is 4.79 Å². The predicted octanol–water partition coefficient (Wildman–Crippen LogP) is 2.70. The third-order valence-electron chi connectivity index (χ3n) is 3.14. The van der Waals surface area contributed by atoms with Crippen LogP contribution < -0.4 is 11.5 Å². The van der Waals surface area contributed by atoms with Crippen molar-refractivity contribution in [1.29, 1.82) is 0 Å². The molecule has 0 aliphatic carbocycles. The summed E-state index contributed by atoms with van der Waals surface area (Å²) in [5, 5.41) is 0. The van der Waals surface area contributed by atoms with E-state index < -0.39 is 0 Å². The Balaban J connectivity index is 2.59. The average Bonchev–Trinajstić information content (AvgIpc) is 2.37. The summed E-state index contributed by atoms with van der Waals surface area (Å²) in [6.07, 6.45) is 0. The molecule has 2 aromatic carbocycles. The highest BCUT2D eigenvalue weighted by Crippen LogP contribution is 2.28. The minimum atomic E-state index is -0.0614. The standard InChI is InChI=1S/C15H16N2O/c1-9-8-12(16)10(2)14(17)13(9)15(18)11-6-4-3-5-7-11/h3-8H,16-17H2,1-2H3. The second-order valence-corrected chi connectivity index (χ2v) is 4.39. The first-order valence-electron chi connectivity index (χ1n) is 5.77. The summed E-state index contributed by atoms with van der Waals surface area (Å²) in [6, 6.07) is 10.9. The molecule has 0 aliphatic rings. The van der Waals surface area contributed by atoms with E-state index in [0.717, 1.165) is 11.1 Å². The molecule has 0 fully saturated rings. The molecule has 0 saturated carbocycles. The summed E-state index contributed by atoms with van der Waals surface area (Å²) in [5.74, 6) is -0.0614. The van der Waals surface area contributed by atoms with Gasteiger partial charge >= 0.3 is 0 Å². The van der Waals surface area contributed by atoms with Crippen molar-refractivity contribution >= 4 is 17.2 Å². The van der Waals surface area contributed by atoms with Crippen molar-refractivity contribution in [1.82, 2.24) is 0 Å². The lowest BCUT2D eigenvalue weighted by Crippen LogP contribution is -2.10. The number of anilines is 2. The molecule has 92 valence electrons. The fraction of sp³-hybridized carbons (Fsp3) is 0.133. The van der Waals surface area contributed by atoms with Crippen molar-refractivity contribution < 1.29 is 4.79 Å². The second kappa shape index (κ2) is 4.53. The van der Waals surface area contributed by atoms with E-state index in [2.05, 4.69) is 0 Å². The van der Waals surface area contributed by atoms with Gasteiger partial charge in [-0.15, -0.1) is 0 Å². The molecule has 2 rings (SSSR count). The molecule has 0 aromatic heterocycles. The van der Waals surface area contributed by atoms with E-state index in [-0.39, 0.29) is 5.78 Å². The lowest BCUT2D eigenvalue weighted by molar-refractivity contribution is 0.103. The first-order valence-corrected chi connectivity index (χ1v) is 5.77. The van der Waals surface area contributed by atoms with E-state index in [1.54, 1.807) is 18.2 Å². The fourth-order valence-electron chi connectivity index (χ4n) is 2.00. The number of carbonyl (C=O) groups excluding carboxylic acids is 1. The quantitative estimate of drug-likeness (QED) is 0.626. The Kier molecular flexibility index (Phi) is 3.06. The largest absolute Gasteiger partial charge is 0.398 e. The molecule has 0 aliphatic heterocycles. The van der Waals surface area contributed by atoms with Crippen LogP contribution in [0.15, 0.2) is 36.4 Å². The SMILES string of the molecule is Cc1cc(N)c(C)c(N)c1C(=O)c1ccccc1. The molecule has 18 heavy (non-hydrogen) atoms. The highest BCUT2D eigenvalue weighted by Gasteiger charge is 2.17. The zero-order valence-electron chi connectivity index (χ0n) is 10.5. The zero-order chi connectivity index (χ0) is 13.3. The van der Waals surface area contributed by atoms with Crippen LogP contribution in [0.3, 0.4) is 0 Å². The molecule has 4 N–H and O–H groups in total. The summed E-state index contributed by atoms with van der Waals surface area (Å²) in [4.78, 5) is 12.4. The Morgan fingerprint density at radius 3 is 2.28 bits per heavy atom. The van der Waals surface area contributed by atoms with Gasteiger partial charge in [0.15, 0.2) is 5.78 Å². The van der Waals surface area contributed by atoms with Crippen LogP contribution in [-0.4, -0.2) is 5.78 Å². The van der Waals surface area contributed by atoms with Gasteiger partial charge in [0.25, 0.3) is 0 Å². The van der Waals surface area contributed by atoms with Crippen molar-refractivity contribution in [2.24, 2.45) is 0 Å². The van der Waals surface area contributed by atoms with Gasteiger partial charge in [-0.25, -0.2) is 0 Å². The summed E-state index contributed by atoms with van der Waals surface area (Å²) in [6.45, 7) is 3.67. The third kappa shape index (κ3) is 1.95. The van der Waals surface area contributed by atoms with Crippen LogP contribution in [0.2, 0.25) is 0 Å². The molecular formula is C15H16N2O. The Morgan fingerprint density at radius 1 is 1.06 bits per heavy atom. The summed E-state index contributed by atoms with van der Waals surface area (Å²) in [7, 11) is 0. The molecule has 3 nitrogen and oxygen atoms in total. The Morgan fingerprint density at radius 2 is 1.67 bits per heavy atom. The van der Waals surface area contributed by atoms with Crippen LogP contribution in [0, 0.1) is 13.8 Å². The number of carbonyl (C=O) groups is 1. The van der Waals surface area contributed by atoms with Gasteiger partial charge in [0, 0.05) is 22.5 Å². The number of nitrogen functional groups attached to an aromatic ring is 2. The molecule has 2 aromatic rings. The summed E-state index contributed by atoms with van der Waals surface area (Å²) < 4.78 is 0. The smallest absolute Gasteiger partial charge is 0.195 e. The number of nitrogens with two attached hydrogens (primary N) is 2. The van der Waals surface area contributed by atoms with Gasteiger partial charge in [-0.2, -0.15) is 0 Å². The molecule has 0 radical (unpaired) electrons. The lowest BCUT2D eigenvalue weighted by Gasteiger charge is -2.13. The molecule has 0 bridgehead atoms. The number of hydrogen-bond acceptors (Lipinski definition) is 3. The number of ketones is 1. The lowest BCUT2D eigenvalue weighted by atomic mass is 9.94. The van der Waals surface area contributed by atoms with Crippen LogP contribution in [0.25, 0.3) is 0 Å². The van der Waals surface area contributed by atoms with Gasteiger partial charge in [0.2, 0.25) is 0 Å². The van der Waals surface area contributed by atoms with Gasteiger partial charge < -0.3 is 11.5 Å². The highest BCUT2D eigenvalue weighted by atomic mass is 16.1. The fourth-order valence-corrected chi connectivity index (χ4v) is 2.00. The number of hydrogen-bond donors (Lipinski definition) is 2.